The molecule has 5 heteroatoms. The molecule has 0 saturated carbocycles. The molecule has 0 fully saturated rings. The molecular formula is C19H24N4O. The van der Waals surface area contributed by atoms with Crippen molar-refractivity contribution in [2.75, 3.05) is 6.61 Å². The molecule has 0 radical (unpaired) electrons. The van der Waals surface area contributed by atoms with Crippen molar-refractivity contribution in [1.29, 1.82) is 0 Å². The predicted molar refractivity (Wildman–Crippen MR) is 96.1 cm³/mol. The second-order valence-corrected chi connectivity index (χ2v) is 6.56. The van der Waals surface area contributed by atoms with Crippen LogP contribution in [0.4, 0.5) is 0 Å². The monoisotopic (exact) mass is 324 g/mol. The van der Waals surface area contributed by atoms with Gasteiger partial charge in [-0.15, -0.1) is 0 Å². The van der Waals surface area contributed by atoms with Gasteiger partial charge in [0.1, 0.15) is 5.75 Å². The Hall–Kier alpha value is -2.40. The average molecular weight is 324 g/mol. The topological polar surface area (TPSA) is 65.4 Å². The number of rotatable bonds is 6. The quantitative estimate of drug-likeness (QED) is 0.754. The normalized spacial score (nSPS) is 13.8. The number of nitrogens with zero attached hydrogens (tertiary/aromatic N) is 3. The Morgan fingerprint density at radius 2 is 2.12 bits per heavy atom. The maximum Gasteiger partial charge on any atom is 0.162 e. The molecule has 3 rings (SSSR count). The summed E-state index contributed by atoms with van der Waals surface area (Å²) >= 11 is 0. The molecule has 5 nitrogen and oxygen atoms in total. The number of nitrogens with two attached hydrogens (primary N) is 1. The van der Waals surface area contributed by atoms with Gasteiger partial charge in [0.05, 0.1) is 12.8 Å². The number of hydrogen-bond acceptors (Lipinski definition) is 4. The van der Waals surface area contributed by atoms with Crippen LogP contribution in [0.3, 0.4) is 0 Å². The number of aryl methyl sites for hydroxylation is 1. The molecule has 0 bridgehead atoms. The Labute approximate surface area is 142 Å². The van der Waals surface area contributed by atoms with Gasteiger partial charge in [0.2, 0.25) is 0 Å². The molecule has 0 aliphatic heterocycles. The average Bonchev–Trinajstić information content (AvgIpc) is 2.97. The van der Waals surface area contributed by atoms with Crippen LogP contribution < -0.4 is 10.5 Å². The zero-order valence-electron chi connectivity index (χ0n) is 14.4. The van der Waals surface area contributed by atoms with E-state index in [-0.39, 0.29) is 6.04 Å². The standard InChI is InChI=1S/C19H24N4O/c1-13(9-15(3)20)12-24-18-6-5-16(10-14(18)2)17-11-22-23-8-4-7-21-19(17)23/h4-8,10-11,13,15H,9,12,20H2,1-3H3. The van der Waals surface area contributed by atoms with Gasteiger partial charge < -0.3 is 10.5 Å². The van der Waals surface area contributed by atoms with Gasteiger partial charge in [0.25, 0.3) is 0 Å². The first-order valence-electron chi connectivity index (χ1n) is 8.32. The Morgan fingerprint density at radius 3 is 2.88 bits per heavy atom. The fourth-order valence-corrected chi connectivity index (χ4v) is 2.94. The number of aromatic nitrogens is 3. The predicted octanol–water partition coefficient (Wildman–Crippen LogP) is 3.46. The van der Waals surface area contributed by atoms with Crippen molar-refractivity contribution in [1.82, 2.24) is 14.6 Å². The SMILES string of the molecule is Cc1cc(-c2cnn3cccnc23)ccc1OCC(C)CC(C)N. The van der Waals surface area contributed by atoms with Crippen molar-refractivity contribution in [3.05, 3.63) is 48.4 Å². The maximum atomic E-state index is 5.97. The highest BCUT2D eigenvalue weighted by Gasteiger charge is 2.11. The molecule has 2 heterocycles. The molecule has 3 aromatic rings. The van der Waals surface area contributed by atoms with E-state index in [0.717, 1.165) is 34.5 Å². The highest BCUT2D eigenvalue weighted by molar-refractivity contribution is 5.77. The van der Waals surface area contributed by atoms with E-state index >= 15 is 0 Å². The highest BCUT2D eigenvalue weighted by Crippen LogP contribution is 2.28. The third-order valence-corrected chi connectivity index (χ3v) is 4.06. The van der Waals surface area contributed by atoms with Crippen LogP contribution in [0.15, 0.2) is 42.9 Å². The fraction of sp³-hybridized carbons (Fsp3) is 0.368. The summed E-state index contributed by atoms with van der Waals surface area (Å²) in [6.07, 6.45) is 6.49. The second-order valence-electron chi connectivity index (χ2n) is 6.56. The van der Waals surface area contributed by atoms with E-state index in [1.165, 1.54) is 0 Å². The summed E-state index contributed by atoms with van der Waals surface area (Å²) < 4.78 is 7.75. The Balaban J connectivity index is 1.77. The van der Waals surface area contributed by atoms with Crippen LogP contribution in [-0.2, 0) is 0 Å². The van der Waals surface area contributed by atoms with Gasteiger partial charge in [-0.25, -0.2) is 9.50 Å². The summed E-state index contributed by atoms with van der Waals surface area (Å²) in [6, 6.07) is 8.28. The van der Waals surface area contributed by atoms with Gasteiger partial charge in [-0.1, -0.05) is 13.0 Å². The Bertz CT molecular complexity index is 825. The van der Waals surface area contributed by atoms with Crippen LogP contribution in [-0.4, -0.2) is 27.2 Å². The van der Waals surface area contributed by atoms with Gasteiger partial charge in [0, 0.05) is 24.0 Å². The van der Waals surface area contributed by atoms with Gasteiger partial charge in [0.15, 0.2) is 5.65 Å². The van der Waals surface area contributed by atoms with E-state index in [0.29, 0.717) is 12.5 Å². The largest absolute Gasteiger partial charge is 0.493 e. The van der Waals surface area contributed by atoms with Crippen LogP contribution in [0.5, 0.6) is 5.75 Å². The Kier molecular flexibility index (Phi) is 4.81. The number of benzene rings is 1. The molecule has 0 saturated heterocycles. The molecule has 2 N–H and O–H groups in total. The van der Waals surface area contributed by atoms with E-state index in [1.807, 2.05) is 31.5 Å². The molecular weight excluding hydrogens is 300 g/mol. The minimum absolute atomic E-state index is 0.204. The smallest absolute Gasteiger partial charge is 0.162 e. The Morgan fingerprint density at radius 1 is 1.29 bits per heavy atom. The molecule has 0 amide bonds. The minimum Gasteiger partial charge on any atom is -0.493 e. The maximum absolute atomic E-state index is 5.97. The van der Waals surface area contributed by atoms with E-state index in [2.05, 4.69) is 36.1 Å². The lowest BCUT2D eigenvalue weighted by Crippen LogP contribution is -2.21. The zero-order valence-corrected chi connectivity index (χ0v) is 14.4. The van der Waals surface area contributed by atoms with E-state index in [4.69, 9.17) is 10.5 Å². The number of fused-ring (bicyclic) bond motifs is 1. The van der Waals surface area contributed by atoms with Crippen molar-refractivity contribution in [2.24, 2.45) is 11.7 Å². The lowest BCUT2D eigenvalue weighted by Gasteiger charge is -2.16. The molecule has 2 atom stereocenters. The van der Waals surface area contributed by atoms with E-state index < -0.39 is 0 Å². The van der Waals surface area contributed by atoms with Gasteiger partial charge >= 0.3 is 0 Å². The third kappa shape index (κ3) is 3.57. The van der Waals surface area contributed by atoms with Crippen molar-refractivity contribution in [3.8, 4) is 16.9 Å². The zero-order chi connectivity index (χ0) is 17.1. The molecule has 2 unspecified atom stereocenters. The first-order valence-corrected chi connectivity index (χ1v) is 8.32. The van der Waals surface area contributed by atoms with Crippen LogP contribution in [0.2, 0.25) is 0 Å². The highest BCUT2D eigenvalue weighted by atomic mass is 16.5. The van der Waals surface area contributed by atoms with Crippen LogP contribution >= 0.6 is 0 Å². The van der Waals surface area contributed by atoms with Crippen molar-refractivity contribution in [2.45, 2.75) is 33.2 Å². The van der Waals surface area contributed by atoms with Crippen LogP contribution in [0, 0.1) is 12.8 Å². The van der Waals surface area contributed by atoms with Gasteiger partial charge in [-0.05, 0) is 55.5 Å². The fourth-order valence-electron chi connectivity index (χ4n) is 2.94. The second kappa shape index (κ2) is 7.01. The summed E-state index contributed by atoms with van der Waals surface area (Å²) in [4.78, 5) is 4.41. The molecule has 126 valence electrons. The van der Waals surface area contributed by atoms with Crippen LogP contribution in [0.1, 0.15) is 25.8 Å². The summed E-state index contributed by atoms with van der Waals surface area (Å²) in [5.74, 6) is 1.35. The van der Waals surface area contributed by atoms with Gasteiger partial charge in [-0.3, -0.25) is 0 Å². The minimum atomic E-state index is 0.204. The van der Waals surface area contributed by atoms with Crippen molar-refractivity contribution < 1.29 is 4.74 Å². The number of ether oxygens (including phenoxy) is 1. The third-order valence-electron chi connectivity index (χ3n) is 4.06. The molecule has 1 aromatic carbocycles. The number of hydrogen-bond donors (Lipinski definition) is 1. The first-order chi connectivity index (χ1) is 11.5. The van der Waals surface area contributed by atoms with Gasteiger partial charge in [-0.2, -0.15) is 5.10 Å². The molecule has 24 heavy (non-hydrogen) atoms. The van der Waals surface area contributed by atoms with Crippen LogP contribution in [0.25, 0.3) is 16.8 Å². The lowest BCUT2D eigenvalue weighted by molar-refractivity contribution is 0.245. The molecule has 0 spiro atoms. The molecule has 0 aliphatic rings. The molecule has 0 aliphatic carbocycles. The first kappa shape index (κ1) is 16.5. The summed E-state index contributed by atoms with van der Waals surface area (Å²) in [7, 11) is 0. The van der Waals surface area contributed by atoms with E-state index in [1.54, 1.807) is 10.7 Å². The summed E-state index contributed by atoms with van der Waals surface area (Å²) in [5, 5.41) is 4.35. The van der Waals surface area contributed by atoms with Crippen molar-refractivity contribution >= 4 is 5.65 Å². The van der Waals surface area contributed by atoms with Crippen molar-refractivity contribution in [3.63, 3.8) is 0 Å². The molecule has 2 aromatic heterocycles. The lowest BCUT2D eigenvalue weighted by atomic mass is 10.0. The van der Waals surface area contributed by atoms with E-state index in [9.17, 15) is 0 Å². The summed E-state index contributed by atoms with van der Waals surface area (Å²) in [5.41, 5.74) is 9.93. The summed E-state index contributed by atoms with van der Waals surface area (Å²) in [6.45, 7) is 6.94.